The lowest BCUT2D eigenvalue weighted by Gasteiger charge is -2.05. The fourth-order valence-electron chi connectivity index (χ4n) is 1.97. The van der Waals surface area contributed by atoms with E-state index in [1.807, 2.05) is 48.5 Å². The summed E-state index contributed by atoms with van der Waals surface area (Å²) in [6, 6.07) is 14.9. The van der Waals surface area contributed by atoms with Crippen LogP contribution in [0.4, 0.5) is 0 Å². The van der Waals surface area contributed by atoms with Crippen molar-refractivity contribution >= 4 is 22.6 Å². The molecule has 3 aromatic rings. The third-order valence-corrected chi connectivity index (χ3v) is 3.21. The molecule has 0 saturated carbocycles. The van der Waals surface area contributed by atoms with Crippen LogP contribution in [-0.4, -0.2) is 7.11 Å². The Morgan fingerprint density at radius 3 is 2.50 bits per heavy atom. The average molecular weight is 289 g/mol. The highest BCUT2D eigenvalue weighted by atomic mass is 35.5. The second-order valence-electron chi connectivity index (χ2n) is 4.36. The van der Waals surface area contributed by atoms with Gasteiger partial charge in [0.2, 0.25) is 0 Å². The van der Waals surface area contributed by atoms with Gasteiger partial charge in [-0.1, -0.05) is 11.6 Å². The van der Waals surface area contributed by atoms with E-state index in [0.29, 0.717) is 11.6 Å². The van der Waals surface area contributed by atoms with E-state index in [2.05, 4.69) is 0 Å². The zero-order chi connectivity index (χ0) is 13.9. The maximum atomic E-state index is 5.94. The summed E-state index contributed by atoms with van der Waals surface area (Å²) in [6.07, 6.45) is 0. The lowest BCUT2D eigenvalue weighted by Crippen LogP contribution is -1.93. The molecule has 0 aliphatic rings. The minimum Gasteiger partial charge on any atom is -0.497 e. The molecular weight excluding hydrogens is 276 g/mol. The minimum atomic E-state index is 0.374. The van der Waals surface area contributed by atoms with Crippen molar-refractivity contribution in [3.63, 3.8) is 0 Å². The largest absolute Gasteiger partial charge is 0.497 e. The number of hydrogen-bond donors (Lipinski definition) is 0. The van der Waals surface area contributed by atoms with Crippen molar-refractivity contribution in [2.24, 2.45) is 0 Å². The maximum absolute atomic E-state index is 5.94. The molecule has 0 bridgehead atoms. The van der Waals surface area contributed by atoms with Crippen LogP contribution in [0.3, 0.4) is 0 Å². The van der Waals surface area contributed by atoms with Gasteiger partial charge in [0, 0.05) is 10.4 Å². The van der Waals surface area contributed by atoms with Crippen molar-refractivity contribution < 1.29 is 13.9 Å². The van der Waals surface area contributed by atoms with Crippen LogP contribution >= 0.6 is 11.6 Å². The highest BCUT2D eigenvalue weighted by Crippen LogP contribution is 2.24. The molecule has 0 unspecified atom stereocenters. The zero-order valence-electron chi connectivity index (χ0n) is 10.9. The zero-order valence-corrected chi connectivity index (χ0v) is 11.7. The lowest BCUT2D eigenvalue weighted by molar-refractivity contribution is 0.274. The van der Waals surface area contributed by atoms with Gasteiger partial charge in [-0.25, -0.2) is 0 Å². The molecule has 2 aromatic carbocycles. The van der Waals surface area contributed by atoms with E-state index in [4.69, 9.17) is 25.5 Å². The number of halogens is 1. The van der Waals surface area contributed by atoms with Gasteiger partial charge in [-0.3, -0.25) is 0 Å². The molecule has 0 aliphatic heterocycles. The van der Waals surface area contributed by atoms with Crippen molar-refractivity contribution in [2.75, 3.05) is 7.11 Å². The summed E-state index contributed by atoms with van der Waals surface area (Å²) in [5, 5.41) is 1.67. The van der Waals surface area contributed by atoms with Crippen LogP contribution in [0, 0.1) is 0 Å². The van der Waals surface area contributed by atoms with E-state index >= 15 is 0 Å². The van der Waals surface area contributed by atoms with Gasteiger partial charge in [0.15, 0.2) is 0 Å². The first-order valence-corrected chi connectivity index (χ1v) is 6.57. The van der Waals surface area contributed by atoms with Gasteiger partial charge in [-0.05, 0) is 48.5 Å². The van der Waals surface area contributed by atoms with Crippen LogP contribution in [0.1, 0.15) is 5.76 Å². The smallest absolute Gasteiger partial charge is 0.146 e. The van der Waals surface area contributed by atoms with E-state index in [1.165, 1.54) is 0 Å². The Bertz CT molecular complexity index is 716. The second kappa shape index (κ2) is 5.47. The Kier molecular flexibility index (Phi) is 3.52. The Morgan fingerprint density at radius 2 is 1.75 bits per heavy atom. The number of benzene rings is 2. The number of hydrogen-bond acceptors (Lipinski definition) is 3. The molecule has 0 saturated heterocycles. The van der Waals surface area contributed by atoms with E-state index < -0.39 is 0 Å². The van der Waals surface area contributed by atoms with Gasteiger partial charge < -0.3 is 13.9 Å². The van der Waals surface area contributed by atoms with Crippen LogP contribution in [0.2, 0.25) is 5.02 Å². The van der Waals surface area contributed by atoms with Crippen molar-refractivity contribution in [2.45, 2.75) is 6.61 Å². The summed E-state index contributed by atoms with van der Waals surface area (Å²) in [5.41, 5.74) is 0.808. The summed E-state index contributed by atoms with van der Waals surface area (Å²) in [5.74, 6) is 2.33. The average Bonchev–Trinajstić information content (AvgIpc) is 2.87. The number of rotatable bonds is 4. The standard InChI is InChI=1S/C16H13ClO3/c1-18-13-3-5-14(6-4-13)19-10-15-9-11-8-12(17)2-7-16(11)20-15/h2-9H,10H2,1H3. The third-order valence-electron chi connectivity index (χ3n) is 2.97. The van der Waals surface area contributed by atoms with Crippen molar-refractivity contribution in [3.8, 4) is 11.5 Å². The molecule has 3 nitrogen and oxygen atoms in total. The minimum absolute atomic E-state index is 0.374. The molecule has 0 N–H and O–H groups in total. The summed E-state index contributed by atoms with van der Waals surface area (Å²) in [6.45, 7) is 0.374. The first kappa shape index (κ1) is 12.9. The Labute approximate surface area is 121 Å². The Morgan fingerprint density at radius 1 is 1.00 bits per heavy atom. The SMILES string of the molecule is COc1ccc(OCc2cc3cc(Cl)ccc3o2)cc1. The fourth-order valence-corrected chi connectivity index (χ4v) is 2.15. The molecule has 4 heteroatoms. The van der Waals surface area contributed by atoms with Gasteiger partial charge in [-0.15, -0.1) is 0 Å². The molecule has 20 heavy (non-hydrogen) atoms. The molecule has 0 aliphatic carbocycles. The Hall–Kier alpha value is -2.13. The highest BCUT2D eigenvalue weighted by Gasteiger charge is 2.05. The van der Waals surface area contributed by atoms with E-state index in [1.54, 1.807) is 7.11 Å². The van der Waals surface area contributed by atoms with Gasteiger partial charge >= 0.3 is 0 Å². The first-order chi connectivity index (χ1) is 9.74. The molecule has 1 heterocycles. The van der Waals surface area contributed by atoms with Crippen molar-refractivity contribution in [3.05, 3.63) is 59.3 Å². The number of furan rings is 1. The maximum Gasteiger partial charge on any atom is 0.146 e. The Balaban J connectivity index is 1.72. The van der Waals surface area contributed by atoms with E-state index in [0.717, 1.165) is 28.2 Å². The van der Waals surface area contributed by atoms with Crippen molar-refractivity contribution in [1.29, 1.82) is 0 Å². The van der Waals surface area contributed by atoms with Crippen LogP contribution < -0.4 is 9.47 Å². The van der Waals surface area contributed by atoms with Gasteiger partial charge in [0.1, 0.15) is 29.4 Å². The van der Waals surface area contributed by atoms with Gasteiger partial charge in [0.05, 0.1) is 7.11 Å². The summed E-state index contributed by atoms with van der Waals surface area (Å²) in [7, 11) is 1.63. The lowest BCUT2D eigenvalue weighted by atomic mass is 10.2. The van der Waals surface area contributed by atoms with Crippen LogP contribution in [0.25, 0.3) is 11.0 Å². The molecule has 3 rings (SSSR count). The molecule has 0 amide bonds. The monoisotopic (exact) mass is 288 g/mol. The van der Waals surface area contributed by atoms with Crippen molar-refractivity contribution in [1.82, 2.24) is 0 Å². The predicted molar refractivity (Wildman–Crippen MR) is 78.6 cm³/mol. The summed E-state index contributed by atoms with van der Waals surface area (Å²) in [4.78, 5) is 0. The molecule has 0 spiro atoms. The van der Waals surface area contributed by atoms with Gasteiger partial charge in [-0.2, -0.15) is 0 Å². The predicted octanol–water partition coefficient (Wildman–Crippen LogP) is 4.67. The summed E-state index contributed by atoms with van der Waals surface area (Å²) >= 11 is 5.94. The van der Waals surface area contributed by atoms with Crippen LogP contribution in [0.15, 0.2) is 52.9 Å². The second-order valence-corrected chi connectivity index (χ2v) is 4.80. The van der Waals surface area contributed by atoms with Gasteiger partial charge in [0.25, 0.3) is 0 Å². The molecule has 102 valence electrons. The number of ether oxygens (including phenoxy) is 2. The topological polar surface area (TPSA) is 31.6 Å². The normalized spacial score (nSPS) is 10.7. The number of fused-ring (bicyclic) bond motifs is 1. The quantitative estimate of drug-likeness (QED) is 0.699. The molecule has 0 radical (unpaired) electrons. The summed E-state index contributed by atoms with van der Waals surface area (Å²) < 4.78 is 16.4. The number of methoxy groups -OCH3 is 1. The third kappa shape index (κ3) is 2.73. The van der Waals surface area contributed by atoms with E-state index in [9.17, 15) is 0 Å². The van der Waals surface area contributed by atoms with Crippen LogP contribution in [0.5, 0.6) is 11.5 Å². The fraction of sp³-hybridized carbons (Fsp3) is 0.125. The molecule has 1 aromatic heterocycles. The molecular formula is C16H13ClO3. The van der Waals surface area contributed by atoms with Crippen LogP contribution in [-0.2, 0) is 6.61 Å². The first-order valence-electron chi connectivity index (χ1n) is 6.19. The van der Waals surface area contributed by atoms with E-state index in [-0.39, 0.29) is 0 Å². The molecule has 0 atom stereocenters. The highest BCUT2D eigenvalue weighted by molar-refractivity contribution is 6.31. The molecule has 0 fully saturated rings.